The summed E-state index contributed by atoms with van der Waals surface area (Å²) < 4.78 is 5.13. The lowest BCUT2D eigenvalue weighted by Gasteiger charge is -2.21. The predicted molar refractivity (Wildman–Crippen MR) is 76.9 cm³/mol. The minimum absolute atomic E-state index is 0.563. The van der Waals surface area contributed by atoms with Crippen molar-refractivity contribution in [2.45, 2.75) is 0 Å². The molecule has 2 aromatic rings. The Kier molecular flexibility index (Phi) is 3.63. The molecule has 0 spiro atoms. The summed E-state index contributed by atoms with van der Waals surface area (Å²) in [6.45, 7) is 0. The van der Waals surface area contributed by atoms with Crippen LogP contribution in [-0.2, 0) is 0 Å². The number of nitrogen functional groups attached to an aromatic ring is 1. The van der Waals surface area contributed by atoms with Crippen LogP contribution in [0.15, 0.2) is 42.5 Å². The Morgan fingerprint density at radius 2 is 1.78 bits per heavy atom. The first kappa shape index (κ1) is 12.6. The second-order valence-corrected chi connectivity index (χ2v) is 4.34. The fraction of sp³-hybridized carbons (Fsp3) is 0.143. The summed E-state index contributed by atoms with van der Waals surface area (Å²) in [6, 6.07) is 13.4. The molecule has 0 fully saturated rings. The number of benzene rings is 2. The first-order valence-corrected chi connectivity index (χ1v) is 5.93. The van der Waals surface area contributed by atoms with Gasteiger partial charge in [-0.25, -0.2) is 0 Å². The molecule has 3 nitrogen and oxygen atoms in total. The molecule has 0 atom stereocenters. The molecule has 0 unspecified atom stereocenters. The van der Waals surface area contributed by atoms with Crippen LogP contribution in [-0.4, -0.2) is 14.2 Å². The van der Waals surface area contributed by atoms with Gasteiger partial charge in [-0.05, 0) is 36.4 Å². The van der Waals surface area contributed by atoms with Crippen LogP contribution in [0.1, 0.15) is 0 Å². The minimum Gasteiger partial charge on any atom is -0.497 e. The Morgan fingerprint density at radius 3 is 2.39 bits per heavy atom. The number of methoxy groups -OCH3 is 1. The summed E-state index contributed by atoms with van der Waals surface area (Å²) in [6.07, 6.45) is 0. The highest BCUT2D eigenvalue weighted by Gasteiger charge is 2.09. The normalized spacial score (nSPS) is 10.2. The topological polar surface area (TPSA) is 38.5 Å². The summed E-state index contributed by atoms with van der Waals surface area (Å²) >= 11 is 6.02. The summed E-state index contributed by atoms with van der Waals surface area (Å²) in [5.74, 6) is 0.825. The third-order valence-electron chi connectivity index (χ3n) is 2.85. The van der Waals surface area contributed by atoms with Crippen molar-refractivity contribution in [3.8, 4) is 5.75 Å². The highest BCUT2D eigenvalue weighted by molar-refractivity contribution is 6.33. The molecule has 0 aliphatic rings. The van der Waals surface area contributed by atoms with Crippen LogP contribution in [0, 0.1) is 0 Å². The van der Waals surface area contributed by atoms with Gasteiger partial charge in [0.05, 0.1) is 23.5 Å². The summed E-state index contributed by atoms with van der Waals surface area (Å²) in [5.41, 5.74) is 8.46. The zero-order valence-corrected chi connectivity index (χ0v) is 11.1. The molecule has 0 bridgehead atoms. The van der Waals surface area contributed by atoms with Crippen molar-refractivity contribution in [2.75, 3.05) is 24.8 Å². The first-order valence-electron chi connectivity index (χ1n) is 5.55. The summed E-state index contributed by atoms with van der Waals surface area (Å²) in [4.78, 5) is 1.99. The highest BCUT2D eigenvalue weighted by atomic mass is 35.5. The third kappa shape index (κ3) is 2.36. The van der Waals surface area contributed by atoms with E-state index in [1.165, 1.54) is 0 Å². The van der Waals surface area contributed by atoms with Crippen molar-refractivity contribution >= 4 is 28.7 Å². The molecular formula is C14H15ClN2O. The van der Waals surface area contributed by atoms with E-state index < -0.39 is 0 Å². The van der Waals surface area contributed by atoms with Gasteiger partial charge in [-0.1, -0.05) is 17.7 Å². The van der Waals surface area contributed by atoms with E-state index in [4.69, 9.17) is 22.1 Å². The molecule has 94 valence electrons. The third-order valence-corrected chi connectivity index (χ3v) is 3.18. The van der Waals surface area contributed by atoms with Gasteiger partial charge >= 0.3 is 0 Å². The van der Waals surface area contributed by atoms with Gasteiger partial charge in [-0.3, -0.25) is 0 Å². The average molecular weight is 263 g/mol. The fourth-order valence-corrected chi connectivity index (χ4v) is 1.93. The number of hydrogen-bond donors (Lipinski definition) is 1. The SMILES string of the molecule is COc1ccc(N(C)c2cccc(Cl)c2N)cc1. The van der Waals surface area contributed by atoms with E-state index in [2.05, 4.69) is 0 Å². The smallest absolute Gasteiger partial charge is 0.119 e. The standard InChI is InChI=1S/C14H15ClN2O/c1-17(10-6-8-11(18-2)9-7-10)13-5-3-4-12(15)14(13)16/h3-9H,16H2,1-2H3. The second kappa shape index (κ2) is 5.19. The van der Waals surface area contributed by atoms with Gasteiger partial charge in [-0.2, -0.15) is 0 Å². The van der Waals surface area contributed by atoms with Crippen molar-refractivity contribution in [1.82, 2.24) is 0 Å². The zero-order chi connectivity index (χ0) is 13.1. The molecule has 0 heterocycles. The molecule has 2 N–H and O–H groups in total. The van der Waals surface area contributed by atoms with E-state index in [0.717, 1.165) is 17.1 Å². The van der Waals surface area contributed by atoms with E-state index in [9.17, 15) is 0 Å². The van der Waals surface area contributed by atoms with Crippen LogP contribution in [0.4, 0.5) is 17.1 Å². The zero-order valence-electron chi connectivity index (χ0n) is 10.4. The monoisotopic (exact) mass is 262 g/mol. The molecule has 0 radical (unpaired) electrons. The van der Waals surface area contributed by atoms with Crippen LogP contribution in [0.3, 0.4) is 0 Å². The number of halogens is 1. The molecular weight excluding hydrogens is 248 g/mol. The van der Waals surface area contributed by atoms with E-state index in [1.54, 1.807) is 13.2 Å². The highest BCUT2D eigenvalue weighted by Crippen LogP contribution is 2.33. The van der Waals surface area contributed by atoms with E-state index in [-0.39, 0.29) is 0 Å². The number of rotatable bonds is 3. The van der Waals surface area contributed by atoms with Crippen LogP contribution >= 0.6 is 11.6 Å². The van der Waals surface area contributed by atoms with Gasteiger partial charge in [0.15, 0.2) is 0 Å². The molecule has 0 amide bonds. The van der Waals surface area contributed by atoms with Gasteiger partial charge in [0.25, 0.3) is 0 Å². The lowest BCUT2D eigenvalue weighted by molar-refractivity contribution is 0.415. The maximum atomic E-state index is 6.02. The molecule has 0 saturated heterocycles. The van der Waals surface area contributed by atoms with Gasteiger partial charge in [0.2, 0.25) is 0 Å². The molecule has 4 heteroatoms. The molecule has 0 aromatic heterocycles. The number of hydrogen-bond acceptors (Lipinski definition) is 3. The van der Waals surface area contributed by atoms with E-state index >= 15 is 0 Å². The lowest BCUT2D eigenvalue weighted by Crippen LogP contribution is -2.11. The van der Waals surface area contributed by atoms with Gasteiger partial charge in [0.1, 0.15) is 5.75 Å². The minimum atomic E-state index is 0.563. The quantitative estimate of drug-likeness (QED) is 0.858. The Bertz CT molecular complexity index is 540. The lowest BCUT2D eigenvalue weighted by atomic mass is 10.2. The van der Waals surface area contributed by atoms with Crippen LogP contribution < -0.4 is 15.4 Å². The summed E-state index contributed by atoms with van der Waals surface area (Å²) in [5, 5.41) is 0.563. The van der Waals surface area contributed by atoms with E-state index in [0.29, 0.717) is 10.7 Å². The molecule has 2 aromatic carbocycles. The maximum Gasteiger partial charge on any atom is 0.119 e. The average Bonchev–Trinajstić information content (AvgIpc) is 2.41. The Labute approximate surface area is 112 Å². The molecule has 0 aliphatic carbocycles. The van der Waals surface area contributed by atoms with Crippen LogP contribution in [0.2, 0.25) is 5.02 Å². The van der Waals surface area contributed by atoms with Gasteiger partial charge in [0, 0.05) is 12.7 Å². The van der Waals surface area contributed by atoms with Gasteiger partial charge < -0.3 is 15.4 Å². The Morgan fingerprint density at radius 1 is 1.11 bits per heavy atom. The van der Waals surface area contributed by atoms with Crippen molar-refractivity contribution in [3.63, 3.8) is 0 Å². The van der Waals surface area contributed by atoms with Crippen molar-refractivity contribution in [1.29, 1.82) is 0 Å². The van der Waals surface area contributed by atoms with Crippen molar-refractivity contribution < 1.29 is 4.74 Å². The second-order valence-electron chi connectivity index (χ2n) is 3.93. The Balaban J connectivity index is 2.35. The first-order chi connectivity index (χ1) is 8.63. The number of anilines is 3. The number of para-hydroxylation sites is 1. The van der Waals surface area contributed by atoms with Crippen molar-refractivity contribution in [2.24, 2.45) is 0 Å². The molecule has 18 heavy (non-hydrogen) atoms. The largest absolute Gasteiger partial charge is 0.497 e. The molecule has 0 aliphatic heterocycles. The van der Waals surface area contributed by atoms with Crippen molar-refractivity contribution in [3.05, 3.63) is 47.5 Å². The van der Waals surface area contributed by atoms with Gasteiger partial charge in [-0.15, -0.1) is 0 Å². The molecule has 2 rings (SSSR count). The van der Waals surface area contributed by atoms with Crippen LogP contribution in [0.25, 0.3) is 0 Å². The predicted octanol–water partition coefficient (Wildman–Crippen LogP) is 3.70. The fourth-order valence-electron chi connectivity index (χ4n) is 1.76. The number of nitrogens with two attached hydrogens (primary N) is 1. The van der Waals surface area contributed by atoms with E-state index in [1.807, 2.05) is 48.3 Å². The summed E-state index contributed by atoms with van der Waals surface area (Å²) in [7, 11) is 3.59. The number of nitrogens with zero attached hydrogens (tertiary/aromatic N) is 1. The maximum absolute atomic E-state index is 6.02. The Hall–Kier alpha value is -1.87. The molecule has 0 saturated carbocycles. The van der Waals surface area contributed by atoms with Crippen LogP contribution in [0.5, 0.6) is 5.75 Å². The number of ether oxygens (including phenoxy) is 1.